The van der Waals surface area contributed by atoms with Gasteiger partial charge in [0.05, 0.1) is 0 Å². The molecule has 40 heavy (non-hydrogen) atoms. The van der Waals surface area contributed by atoms with E-state index in [9.17, 15) is 14.4 Å². The van der Waals surface area contributed by atoms with E-state index in [1.54, 1.807) is 0 Å². The Hall–Kier alpha value is -1.59. The van der Waals surface area contributed by atoms with Crippen LogP contribution in [0.4, 0.5) is 0 Å². The predicted molar refractivity (Wildman–Crippen MR) is 164 cm³/mol. The summed E-state index contributed by atoms with van der Waals surface area (Å²) in [4.78, 5) is 36.7. The molecular formula is C34H64O6. The van der Waals surface area contributed by atoms with Crippen LogP contribution in [0.1, 0.15) is 175 Å². The lowest BCUT2D eigenvalue weighted by Crippen LogP contribution is -2.31. The molecule has 0 aliphatic heterocycles. The third kappa shape index (κ3) is 28.0. The first kappa shape index (κ1) is 38.4. The number of esters is 3. The zero-order chi connectivity index (χ0) is 29.7. The standard InChI is InChI=1S/C34H64O6/c1-5-7-9-11-13-15-16-18-19-21-23-25-32(35)38-28-31(29-39-34(37)27-30(3)4)40-33(36)26-24-22-20-17-14-12-10-8-6-2/h30-31H,5-29H2,1-4H3. The highest BCUT2D eigenvalue weighted by Crippen LogP contribution is 2.14. The Labute approximate surface area is 247 Å². The molecule has 6 nitrogen and oxygen atoms in total. The molecule has 0 aromatic heterocycles. The Morgan fingerprint density at radius 2 is 0.825 bits per heavy atom. The van der Waals surface area contributed by atoms with Crippen molar-refractivity contribution in [2.45, 2.75) is 181 Å². The summed E-state index contributed by atoms with van der Waals surface area (Å²) in [5.41, 5.74) is 0. The van der Waals surface area contributed by atoms with Crippen molar-refractivity contribution in [3.63, 3.8) is 0 Å². The molecule has 236 valence electrons. The average Bonchev–Trinajstić information content (AvgIpc) is 2.91. The van der Waals surface area contributed by atoms with E-state index >= 15 is 0 Å². The normalized spacial score (nSPS) is 11.9. The second-order valence-electron chi connectivity index (χ2n) is 11.9. The van der Waals surface area contributed by atoms with E-state index in [0.717, 1.165) is 38.5 Å². The van der Waals surface area contributed by atoms with Gasteiger partial charge >= 0.3 is 17.9 Å². The van der Waals surface area contributed by atoms with Crippen LogP contribution < -0.4 is 0 Å². The van der Waals surface area contributed by atoms with E-state index in [4.69, 9.17) is 14.2 Å². The van der Waals surface area contributed by atoms with Gasteiger partial charge in [-0.25, -0.2) is 0 Å². The Morgan fingerprint density at radius 3 is 1.23 bits per heavy atom. The van der Waals surface area contributed by atoms with Crippen molar-refractivity contribution >= 4 is 17.9 Å². The van der Waals surface area contributed by atoms with Crippen LogP contribution in [0.2, 0.25) is 0 Å². The summed E-state index contributed by atoms with van der Waals surface area (Å²) in [6, 6.07) is 0. The molecule has 1 unspecified atom stereocenters. The van der Waals surface area contributed by atoms with E-state index in [-0.39, 0.29) is 37.0 Å². The minimum atomic E-state index is -0.761. The topological polar surface area (TPSA) is 78.9 Å². The molecule has 0 rings (SSSR count). The molecule has 6 heteroatoms. The van der Waals surface area contributed by atoms with Crippen molar-refractivity contribution < 1.29 is 28.6 Å². The summed E-state index contributed by atoms with van der Waals surface area (Å²) in [5.74, 6) is -0.760. The second-order valence-corrected chi connectivity index (χ2v) is 11.9. The first-order valence-electron chi connectivity index (χ1n) is 16.9. The Morgan fingerprint density at radius 1 is 0.475 bits per heavy atom. The molecule has 0 aromatic carbocycles. The Balaban J connectivity index is 4.17. The van der Waals surface area contributed by atoms with Crippen LogP contribution in [-0.4, -0.2) is 37.2 Å². The highest BCUT2D eigenvalue weighted by Gasteiger charge is 2.19. The first-order valence-corrected chi connectivity index (χ1v) is 16.9. The minimum Gasteiger partial charge on any atom is -0.462 e. The summed E-state index contributed by atoms with van der Waals surface area (Å²) in [5, 5.41) is 0. The summed E-state index contributed by atoms with van der Waals surface area (Å²) >= 11 is 0. The monoisotopic (exact) mass is 568 g/mol. The van der Waals surface area contributed by atoms with Crippen molar-refractivity contribution in [1.29, 1.82) is 0 Å². The van der Waals surface area contributed by atoms with Crippen molar-refractivity contribution in [1.82, 2.24) is 0 Å². The van der Waals surface area contributed by atoms with Crippen LogP contribution in [0.3, 0.4) is 0 Å². The second kappa shape index (κ2) is 28.9. The van der Waals surface area contributed by atoms with Gasteiger partial charge in [-0.3, -0.25) is 14.4 Å². The first-order chi connectivity index (χ1) is 19.4. The zero-order valence-corrected chi connectivity index (χ0v) is 26.8. The van der Waals surface area contributed by atoms with Crippen LogP contribution in [0.15, 0.2) is 0 Å². The van der Waals surface area contributed by atoms with Crippen LogP contribution >= 0.6 is 0 Å². The van der Waals surface area contributed by atoms with E-state index in [1.807, 2.05) is 13.8 Å². The fourth-order valence-corrected chi connectivity index (χ4v) is 4.71. The van der Waals surface area contributed by atoms with Gasteiger partial charge < -0.3 is 14.2 Å². The number of hydrogen-bond donors (Lipinski definition) is 0. The van der Waals surface area contributed by atoms with Gasteiger partial charge in [0.15, 0.2) is 6.10 Å². The fourth-order valence-electron chi connectivity index (χ4n) is 4.71. The van der Waals surface area contributed by atoms with Gasteiger partial charge in [-0.05, 0) is 18.8 Å². The van der Waals surface area contributed by atoms with Crippen LogP contribution in [0.25, 0.3) is 0 Å². The predicted octanol–water partition coefficient (Wildman–Crippen LogP) is 9.65. The van der Waals surface area contributed by atoms with Gasteiger partial charge in [-0.2, -0.15) is 0 Å². The van der Waals surface area contributed by atoms with Crippen LogP contribution in [-0.2, 0) is 28.6 Å². The quantitative estimate of drug-likeness (QED) is 0.0508. The number of hydrogen-bond acceptors (Lipinski definition) is 6. The smallest absolute Gasteiger partial charge is 0.306 e. The van der Waals surface area contributed by atoms with Gasteiger partial charge in [0.2, 0.25) is 0 Å². The molecule has 0 aliphatic rings. The molecule has 0 saturated carbocycles. The van der Waals surface area contributed by atoms with Crippen LogP contribution in [0.5, 0.6) is 0 Å². The molecule has 0 N–H and O–H groups in total. The van der Waals surface area contributed by atoms with Crippen molar-refractivity contribution in [2.24, 2.45) is 5.92 Å². The van der Waals surface area contributed by atoms with Crippen molar-refractivity contribution in [3.05, 3.63) is 0 Å². The summed E-state index contributed by atoms with van der Waals surface area (Å²) < 4.78 is 16.3. The van der Waals surface area contributed by atoms with Crippen LogP contribution in [0, 0.1) is 5.92 Å². The van der Waals surface area contributed by atoms with Gasteiger partial charge in [-0.15, -0.1) is 0 Å². The van der Waals surface area contributed by atoms with Gasteiger partial charge in [0.25, 0.3) is 0 Å². The minimum absolute atomic E-state index is 0.0741. The van der Waals surface area contributed by atoms with Gasteiger partial charge in [-0.1, -0.05) is 143 Å². The molecule has 0 saturated heterocycles. The lowest BCUT2D eigenvalue weighted by Gasteiger charge is -2.18. The maximum atomic E-state index is 12.4. The lowest BCUT2D eigenvalue weighted by molar-refractivity contribution is -0.167. The number of ether oxygens (including phenoxy) is 3. The third-order valence-electron chi connectivity index (χ3n) is 7.20. The SMILES string of the molecule is CCCCCCCCCCCCCC(=O)OCC(COC(=O)CC(C)C)OC(=O)CCCCCCCCCCC. The zero-order valence-electron chi connectivity index (χ0n) is 26.8. The maximum absolute atomic E-state index is 12.4. The number of carbonyl (C=O) groups is 3. The van der Waals surface area contributed by atoms with Crippen molar-refractivity contribution in [2.75, 3.05) is 13.2 Å². The molecule has 0 bridgehead atoms. The maximum Gasteiger partial charge on any atom is 0.306 e. The van der Waals surface area contributed by atoms with E-state index in [0.29, 0.717) is 19.3 Å². The highest BCUT2D eigenvalue weighted by atomic mass is 16.6. The molecule has 0 fully saturated rings. The lowest BCUT2D eigenvalue weighted by atomic mass is 10.1. The molecule has 0 aromatic rings. The molecule has 0 amide bonds. The number of unbranched alkanes of at least 4 members (excludes halogenated alkanes) is 18. The number of carbonyl (C=O) groups excluding carboxylic acids is 3. The van der Waals surface area contributed by atoms with Crippen molar-refractivity contribution in [3.8, 4) is 0 Å². The van der Waals surface area contributed by atoms with E-state index in [1.165, 1.54) is 89.9 Å². The Bertz CT molecular complexity index is 603. The fraction of sp³-hybridized carbons (Fsp3) is 0.912. The summed E-state index contributed by atoms with van der Waals surface area (Å²) in [6.45, 7) is 8.20. The highest BCUT2D eigenvalue weighted by molar-refractivity contribution is 5.71. The summed E-state index contributed by atoms with van der Waals surface area (Å²) in [6.07, 6.45) is 24.3. The molecular weight excluding hydrogens is 504 g/mol. The third-order valence-corrected chi connectivity index (χ3v) is 7.20. The molecule has 0 heterocycles. The largest absolute Gasteiger partial charge is 0.462 e. The van der Waals surface area contributed by atoms with Gasteiger partial charge in [0, 0.05) is 19.3 Å². The Kier molecular flexibility index (Phi) is 27.8. The molecule has 0 radical (unpaired) electrons. The molecule has 0 aliphatic carbocycles. The van der Waals surface area contributed by atoms with Gasteiger partial charge in [0.1, 0.15) is 13.2 Å². The number of rotatable bonds is 29. The van der Waals surface area contributed by atoms with E-state index < -0.39 is 6.10 Å². The summed E-state index contributed by atoms with van der Waals surface area (Å²) in [7, 11) is 0. The van der Waals surface area contributed by atoms with E-state index in [2.05, 4.69) is 13.8 Å². The molecule has 0 spiro atoms. The molecule has 1 atom stereocenters. The average molecular weight is 569 g/mol.